The van der Waals surface area contributed by atoms with E-state index in [1.54, 1.807) is 12.0 Å². The van der Waals surface area contributed by atoms with Gasteiger partial charge in [-0.15, -0.1) is 0 Å². The highest BCUT2D eigenvalue weighted by atomic mass is 19.1. The average molecular weight is 309 g/mol. The van der Waals surface area contributed by atoms with Crippen molar-refractivity contribution in [2.75, 3.05) is 20.2 Å². The van der Waals surface area contributed by atoms with Crippen LogP contribution in [0.4, 0.5) is 8.78 Å². The van der Waals surface area contributed by atoms with Gasteiger partial charge in [0.25, 0.3) is 5.91 Å². The maximum absolute atomic E-state index is 13.9. The zero-order valence-electron chi connectivity index (χ0n) is 12.8. The van der Waals surface area contributed by atoms with E-state index in [2.05, 4.69) is 0 Å². The van der Waals surface area contributed by atoms with Crippen molar-refractivity contribution in [3.8, 4) is 0 Å². The molecule has 1 saturated carbocycles. The Hall–Kier alpha value is -1.49. The molecule has 22 heavy (non-hydrogen) atoms. The minimum atomic E-state index is -0.792. The monoisotopic (exact) mass is 309 g/mol. The largest absolute Gasteiger partial charge is 0.381 e. The van der Waals surface area contributed by atoms with Crippen LogP contribution in [0, 0.1) is 17.0 Å². The quantitative estimate of drug-likeness (QED) is 0.838. The lowest BCUT2D eigenvalue weighted by Gasteiger charge is -2.43. The third kappa shape index (κ3) is 2.62. The molecule has 0 unspecified atom stereocenters. The zero-order chi connectivity index (χ0) is 15.7. The van der Waals surface area contributed by atoms with Crippen LogP contribution in [0.15, 0.2) is 18.2 Å². The Kier molecular flexibility index (Phi) is 4.17. The first kappa shape index (κ1) is 15.4. The molecule has 1 aliphatic heterocycles. The highest BCUT2D eigenvalue weighted by Crippen LogP contribution is 2.46. The van der Waals surface area contributed by atoms with Gasteiger partial charge in [0.1, 0.15) is 11.6 Å². The van der Waals surface area contributed by atoms with Gasteiger partial charge < -0.3 is 9.64 Å². The molecule has 0 aromatic heterocycles. The third-order valence-corrected chi connectivity index (χ3v) is 5.17. The van der Waals surface area contributed by atoms with E-state index in [1.807, 2.05) is 0 Å². The van der Waals surface area contributed by atoms with Crippen molar-refractivity contribution in [1.29, 1.82) is 0 Å². The second kappa shape index (κ2) is 5.95. The SMILES string of the molecule is CO[C@@H]1CCC[C@@]12CCCN(C(=O)c1ccc(F)cc1F)C2. The second-order valence-corrected chi connectivity index (χ2v) is 6.43. The van der Waals surface area contributed by atoms with Crippen molar-refractivity contribution in [2.45, 2.75) is 38.2 Å². The molecule has 5 heteroatoms. The maximum Gasteiger partial charge on any atom is 0.256 e. The molecule has 120 valence electrons. The van der Waals surface area contributed by atoms with Gasteiger partial charge in [-0.2, -0.15) is 0 Å². The number of benzene rings is 1. The molecule has 3 nitrogen and oxygen atoms in total. The smallest absolute Gasteiger partial charge is 0.256 e. The van der Waals surface area contributed by atoms with Crippen molar-refractivity contribution in [2.24, 2.45) is 5.41 Å². The average Bonchev–Trinajstić information content (AvgIpc) is 2.88. The second-order valence-electron chi connectivity index (χ2n) is 6.43. The summed E-state index contributed by atoms with van der Waals surface area (Å²) in [6.07, 6.45) is 5.27. The van der Waals surface area contributed by atoms with Crippen LogP contribution in [-0.4, -0.2) is 37.1 Å². The minimum Gasteiger partial charge on any atom is -0.381 e. The Balaban J connectivity index is 1.81. The lowest BCUT2D eigenvalue weighted by Crippen LogP contribution is -2.50. The number of piperidine rings is 1. The molecule has 1 saturated heterocycles. The summed E-state index contributed by atoms with van der Waals surface area (Å²) in [7, 11) is 1.72. The summed E-state index contributed by atoms with van der Waals surface area (Å²) in [6, 6.07) is 3.13. The maximum atomic E-state index is 13.9. The molecule has 1 heterocycles. The van der Waals surface area contributed by atoms with E-state index in [0.29, 0.717) is 13.1 Å². The van der Waals surface area contributed by atoms with E-state index in [9.17, 15) is 13.6 Å². The first-order valence-corrected chi connectivity index (χ1v) is 7.83. The number of hydrogen-bond acceptors (Lipinski definition) is 2. The molecule has 1 aromatic rings. The molecule has 0 radical (unpaired) electrons. The van der Waals surface area contributed by atoms with Crippen molar-refractivity contribution < 1.29 is 18.3 Å². The summed E-state index contributed by atoms with van der Waals surface area (Å²) in [6.45, 7) is 1.22. The zero-order valence-corrected chi connectivity index (χ0v) is 12.8. The molecular formula is C17H21F2NO2. The van der Waals surface area contributed by atoms with Gasteiger partial charge in [0, 0.05) is 31.7 Å². The number of halogens is 2. The van der Waals surface area contributed by atoms with Gasteiger partial charge in [0.2, 0.25) is 0 Å². The summed E-state index contributed by atoms with van der Waals surface area (Å²) < 4.78 is 32.5. The van der Waals surface area contributed by atoms with Crippen molar-refractivity contribution >= 4 is 5.91 Å². The molecule has 2 atom stereocenters. The summed E-state index contributed by atoms with van der Waals surface area (Å²) >= 11 is 0. The Bertz CT molecular complexity index is 578. The topological polar surface area (TPSA) is 29.5 Å². The van der Waals surface area contributed by atoms with Gasteiger partial charge in [0.05, 0.1) is 11.7 Å². The van der Waals surface area contributed by atoms with Crippen LogP contribution in [-0.2, 0) is 4.74 Å². The highest BCUT2D eigenvalue weighted by Gasteiger charge is 2.46. The molecule has 0 bridgehead atoms. The van der Waals surface area contributed by atoms with Crippen LogP contribution in [0.3, 0.4) is 0 Å². The van der Waals surface area contributed by atoms with Crippen LogP contribution >= 0.6 is 0 Å². The van der Waals surface area contributed by atoms with Gasteiger partial charge in [0.15, 0.2) is 0 Å². The van der Waals surface area contributed by atoms with Crippen LogP contribution in [0.1, 0.15) is 42.5 Å². The number of amides is 1. The van der Waals surface area contributed by atoms with Gasteiger partial charge in [-0.25, -0.2) is 8.78 Å². The molecule has 0 N–H and O–H groups in total. The molecule has 2 aliphatic rings. The molecule has 3 rings (SSSR count). The molecule has 1 amide bonds. The number of nitrogens with zero attached hydrogens (tertiary/aromatic N) is 1. The number of carbonyl (C=O) groups excluding carboxylic acids is 1. The van der Waals surface area contributed by atoms with Gasteiger partial charge in [-0.1, -0.05) is 6.42 Å². The van der Waals surface area contributed by atoms with E-state index in [-0.39, 0.29) is 23.0 Å². The standard InChI is InChI=1S/C17H21F2NO2/c1-22-15-4-2-7-17(15)8-3-9-20(11-17)16(21)13-6-5-12(18)10-14(13)19/h5-6,10,15H,2-4,7-9,11H2,1H3/t15-,17+/m1/s1. The van der Waals surface area contributed by atoms with Crippen molar-refractivity contribution in [1.82, 2.24) is 4.90 Å². The lowest BCUT2D eigenvalue weighted by atomic mass is 9.76. The summed E-state index contributed by atoms with van der Waals surface area (Å²) in [5, 5.41) is 0. The van der Waals surface area contributed by atoms with Crippen molar-refractivity contribution in [3.63, 3.8) is 0 Å². The Morgan fingerprint density at radius 2 is 2.09 bits per heavy atom. The van der Waals surface area contributed by atoms with E-state index < -0.39 is 11.6 Å². The molecular weight excluding hydrogens is 288 g/mol. The number of carbonyl (C=O) groups is 1. The first-order chi connectivity index (χ1) is 10.6. The molecule has 1 aromatic carbocycles. The Labute approximate surface area is 129 Å². The first-order valence-electron chi connectivity index (χ1n) is 7.83. The number of rotatable bonds is 2. The van der Waals surface area contributed by atoms with Gasteiger partial charge in [-0.3, -0.25) is 4.79 Å². The van der Waals surface area contributed by atoms with Crippen LogP contribution in [0.5, 0.6) is 0 Å². The number of likely N-dealkylation sites (tertiary alicyclic amines) is 1. The normalized spacial score (nSPS) is 28.3. The Morgan fingerprint density at radius 3 is 2.82 bits per heavy atom. The fraction of sp³-hybridized carbons (Fsp3) is 0.588. The fourth-order valence-electron chi connectivity index (χ4n) is 4.11. The van der Waals surface area contributed by atoms with E-state index >= 15 is 0 Å². The van der Waals surface area contributed by atoms with Crippen LogP contribution in [0.2, 0.25) is 0 Å². The van der Waals surface area contributed by atoms with Crippen LogP contribution < -0.4 is 0 Å². The molecule has 1 aliphatic carbocycles. The molecule has 2 fully saturated rings. The fourth-order valence-corrected chi connectivity index (χ4v) is 4.11. The summed E-state index contributed by atoms with van der Waals surface area (Å²) in [5.41, 5.74) is -0.0514. The summed E-state index contributed by atoms with van der Waals surface area (Å²) in [5.74, 6) is -1.81. The predicted octanol–water partition coefficient (Wildman–Crippen LogP) is 3.39. The third-order valence-electron chi connectivity index (χ3n) is 5.17. The highest BCUT2D eigenvalue weighted by molar-refractivity contribution is 5.94. The lowest BCUT2D eigenvalue weighted by molar-refractivity contribution is -0.0296. The predicted molar refractivity (Wildman–Crippen MR) is 78.6 cm³/mol. The van der Waals surface area contributed by atoms with E-state index in [4.69, 9.17) is 4.74 Å². The van der Waals surface area contributed by atoms with Crippen LogP contribution in [0.25, 0.3) is 0 Å². The van der Waals surface area contributed by atoms with E-state index in [0.717, 1.165) is 44.2 Å². The Morgan fingerprint density at radius 1 is 1.32 bits per heavy atom. The van der Waals surface area contributed by atoms with E-state index in [1.165, 1.54) is 6.07 Å². The minimum absolute atomic E-state index is 0.000827. The number of methoxy groups -OCH3 is 1. The van der Waals surface area contributed by atoms with Crippen molar-refractivity contribution in [3.05, 3.63) is 35.4 Å². The number of ether oxygens (including phenoxy) is 1. The summed E-state index contributed by atoms with van der Waals surface area (Å²) in [4.78, 5) is 14.3. The van der Waals surface area contributed by atoms with Gasteiger partial charge >= 0.3 is 0 Å². The molecule has 1 spiro atoms. The van der Waals surface area contributed by atoms with Gasteiger partial charge in [-0.05, 0) is 37.8 Å². The number of hydrogen-bond donors (Lipinski definition) is 0.